The maximum absolute atomic E-state index is 15.3. The molecule has 66 heavy (non-hydrogen) atoms. The van der Waals surface area contributed by atoms with Crippen molar-refractivity contribution in [3.8, 4) is 5.88 Å². The molecule has 4 fully saturated rings. The second-order valence-corrected chi connectivity index (χ2v) is 20.8. The zero-order valence-electron chi connectivity index (χ0n) is 37.4. The first-order valence-electron chi connectivity index (χ1n) is 23.3. The van der Waals surface area contributed by atoms with Crippen molar-refractivity contribution in [3.05, 3.63) is 106 Å². The van der Waals surface area contributed by atoms with Crippen molar-refractivity contribution >= 4 is 55.4 Å². The van der Waals surface area contributed by atoms with E-state index in [9.17, 15) is 23.3 Å². The summed E-state index contributed by atoms with van der Waals surface area (Å²) in [7, 11) is -4.63. The number of carbonyl (C=O) groups excluding carboxylic acids is 1. The van der Waals surface area contributed by atoms with Gasteiger partial charge in [-0.2, -0.15) is 4.98 Å². The fourth-order valence-electron chi connectivity index (χ4n) is 11.1. The molecule has 17 heteroatoms. The smallest absolute Gasteiger partial charge is 0.293 e. The number of amides is 1. The number of likely N-dealkylation sites (tertiary alicyclic amines) is 1. The number of rotatable bonds is 12. The zero-order chi connectivity index (χ0) is 45.8. The van der Waals surface area contributed by atoms with Gasteiger partial charge in [0.15, 0.2) is 0 Å². The molecule has 6 heterocycles. The third-order valence-corrected chi connectivity index (χ3v) is 16.1. The third-order valence-electron chi connectivity index (χ3n) is 14.8. The molecule has 3 aromatic carbocycles. The molecule has 0 radical (unpaired) electrons. The molecule has 5 aliphatic rings. The highest BCUT2D eigenvalue weighted by Crippen LogP contribution is 2.54. The quantitative estimate of drug-likeness (QED) is 0.0803. The first-order chi connectivity index (χ1) is 31.8. The summed E-state index contributed by atoms with van der Waals surface area (Å²) in [4.78, 5) is 40.2. The number of pyridine rings is 1. The number of nitro benzene ring substituents is 1. The SMILES string of the molecule is CC(C)c1ccccc1[C@@H]1CCCN1C1CC2(CCN(c3ccc(C(=O)NS(=O)(=O)c4ccc(NCC5(F)CCOCC5)c([N+](=O)[O-])c4)c(N4CCOc5nc6[nH]ccc6cc54)c3)CC2)C1. The van der Waals surface area contributed by atoms with Crippen LogP contribution in [-0.4, -0.2) is 98.4 Å². The molecule has 3 saturated heterocycles. The van der Waals surface area contributed by atoms with Gasteiger partial charge < -0.3 is 29.6 Å². The summed E-state index contributed by atoms with van der Waals surface area (Å²) in [5.74, 6) is -0.0376. The summed E-state index contributed by atoms with van der Waals surface area (Å²) in [6.07, 6.45) is 8.99. The number of nitrogens with one attached hydrogen (secondary N) is 3. The lowest BCUT2D eigenvalue weighted by Gasteiger charge is -2.56. The van der Waals surface area contributed by atoms with Gasteiger partial charge >= 0.3 is 0 Å². The van der Waals surface area contributed by atoms with E-state index in [0.29, 0.717) is 52.9 Å². The van der Waals surface area contributed by atoms with Gasteiger partial charge in [-0.3, -0.25) is 19.8 Å². The second-order valence-electron chi connectivity index (χ2n) is 19.1. The average molecular weight is 921 g/mol. The van der Waals surface area contributed by atoms with Crippen LogP contribution in [0.1, 0.15) is 98.7 Å². The minimum absolute atomic E-state index is 0.0351. The van der Waals surface area contributed by atoms with Gasteiger partial charge in [0.05, 0.1) is 27.6 Å². The number of ether oxygens (including phenoxy) is 2. The van der Waals surface area contributed by atoms with E-state index in [-0.39, 0.29) is 50.5 Å². The summed E-state index contributed by atoms with van der Waals surface area (Å²) >= 11 is 0. The Labute approximate surface area is 384 Å². The van der Waals surface area contributed by atoms with E-state index < -0.39 is 37.1 Å². The molecule has 1 saturated carbocycles. The summed E-state index contributed by atoms with van der Waals surface area (Å²) in [5.41, 5.74) is 3.79. The number of hydrogen-bond acceptors (Lipinski definition) is 12. The predicted octanol–water partition coefficient (Wildman–Crippen LogP) is 8.76. The molecule has 3 N–H and O–H groups in total. The Kier molecular flexibility index (Phi) is 11.7. The van der Waals surface area contributed by atoms with Crippen LogP contribution in [-0.2, 0) is 14.8 Å². The molecule has 348 valence electrons. The van der Waals surface area contributed by atoms with Crippen LogP contribution >= 0.6 is 0 Å². The minimum atomic E-state index is -4.63. The molecular weight excluding hydrogens is 864 g/mol. The minimum Gasteiger partial charge on any atom is -0.474 e. The number of nitrogens with zero attached hydrogens (tertiary/aromatic N) is 5. The first-order valence-corrected chi connectivity index (χ1v) is 24.8. The molecule has 1 atom stereocenters. The Balaban J connectivity index is 0.886. The van der Waals surface area contributed by atoms with Crippen molar-refractivity contribution in [2.75, 3.05) is 67.7 Å². The van der Waals surface area contributed by atoms with Crippen LogP contribution in [0.15, 0.2) is 83.9 Å². The van der Waals surface area contributed by atoms with Gasteiger partial charge in [-0.25, -0.2) is 17.5 Å². The lowest BCUT2D eigenvalue weighted by molar-refractivity contribution is -0.384. The third kappa shape index (κ3) is 8.45. The highest BCUT2D eigenvalue weighted by atomic mass is 32.2. The lowest BCUT2D eigenvalue weighted by Crippen LogP contribution is -2.55. The molecular formula is C49H57FN8O7S. The van der Waals surface area contributed by atoms with Gasteiger partial charge in [0.1, 0.15) is 29.3 Å². The molecule has 15 nitrogen and oxygen atoms in total. The molecule has 1 spiro atoms. The molecule has 10 rings (SSSR count). The van der Waals surface area contributed by atoms with Crippen LogP contribution < -0.4 is 24.6 Å². The van der Waals surface area contributed by atoms with Crippen LogP contribution in [0.5, 0.6) is 5.88 Å². The molecule has 4 aliphatic heterocycles. The largest absolute Gasteiger partial charge is 0.474 e. The maximum Gasteiger partial charge on any atom is 0.293 e. The van der Waals surface area contributed by atoms with Gasteiger partial charge in [-0.15, -0.1) is 0 Å². The van der Waals surface area contributed by atoms with Crippen LogP contribution in [0.3, 0.4) is 0 Å². The molecule has 0 unspecified atom stereocenters. The summed E-state index contributed by atoms with van der Waals surface area (Å²) in [6.45, 7) is 8.31. The number of benzene rings is 3. The number of anilines is 4. The first kappa shape index (κ1) is 44.1. The van der Waals surface area contributed by atoms with Crippen molar-refractivity contribution in [1.82, 2.24) is 19.6 Å². The number of aromatic nitrogens is 2. The second kappa shape index (κ2) is 17.5. The summed E-state index contributed by atoms with van der Waals surface area (Å²) < 4.78 is 56.6. The van der Waals surface area contributed by atoms with Crippen LogP contribution in [0.25, 0.3) is 11.0 Å². The predicted molar refractivity (Wildman–Crippen MR) is 251 cm³/mol. The molecule has 5 aromatic rings. The Hall–Kier alpha value is -5.78. The summed E-state index contributed by atoms with van der Waals surface area (Å²) in [5, 5.41) is 15.8. The van der Waals surface area contributed by atoms with Crippen LogP contribution in [0.2, 0.25) is 0 Å². The van der Waals surface area contributed by atoms with E-state index in [1.54, 1.807) is 12.3 Å². The molecule has 1 aliphatic carbocycles. The van der Waals surface area contributed by atoms with E-state index in [0.717, 1.165) is 49.6 Å². The highest BCUT2D eigenvalue weighted by molar-refractivity contribution is 7.90. The van der Waals surface area contributed by atoms with Gasteiger partial charge in [0.25, 0.3) is 21.6 Å². The number of piperidine rings is 1. The number of nitro groups is 1. The summed E-state index contributed by atoms with van der Waals surface area (Å²) in [6, 6.07) is 22.6. The van der Waals surface area contributed by atoms with Crippen molar-refractivity contribution in [1.29, 1.82) is 0 Å². The van der Waals surface area contributed by atoms with Gasteiger partial charge in [0, 0.05) is 81.1 Å². The monoisotopic (exact) mass is 920 g/mol. The van der Waals surface area contributed by atoms with E-state index >= 15 is 4.39 Å². The molecule has 2 aromatic heterocycles. The van der Waals surface area contributed by atoms with Crippen molar-refractivity contribution in [2.45, 2.75) is 93.8 Å². The van der Waals surface area contributed by atoms with E-state index in [2.05, 4.69) is 62.9 Å². The fourth-order valence-corrected chi connectivity index (χ4v) is 12.1. The molecule has 1 amide bonds. The van der Waals surface area contributed by atoms with Crippen molar-refractivity contribution in [3.63, 3.8) is 0 Å². The van der Waals surface area contributed by atoms with Gasteiger partial charge in [-0.1, -0.05) is 38.1 Å². The Morgan fingerprint density at radius 3 is 2.53 bits per heavy atom. The van der Waals surface area contributed by atoms with E-state index in [1.807, 2.05) is 29.2 Å². The number of hydrogen-bond donors (Lipinski definition) is 3. The number of sulfonamides is 1. The van der Waals surface area contributed by atoms with Crippen molar-refractivity contribution < 1.29 is 32.0 Å². The molecule has 0 bridgehead atoms. The van der Waals surface area contributed by atoms with E-state index in [4.69, 9.17) is 14.5 Å². The van der Waals surface area contributed by atoms with Gasteiger partial charge in [-0.05, 0) is 110 Å². The Bertz CT molecular complexity index is 2760. The Morgan fingerprint density at radius 1 is 0.970 bits per heavy atom. The number of H-pyrrole nitrogens is 1. The number of aromatic amines is 1. The standard InChI is InChI=1S/C49H57FN8O7S/c1-32(2)37-6-3-4-7-38(37)41-8-5-19-56(41)35-29-48(30-35)14-20-55(21-15-48)34-9-11-39(42(27-34)57-22-25-65-47-44(57)26-33-13-18-51-45(33)53-47)46(59)54-66(62,63)36-10-12-40(43(28-36)58(60)61)52-31-49(50)16-23-64-24-17-49/h3-4,6-7,9-13,18,26-28,32,35,41,52H,5,8,14-17,19-25,29-31H2,1-2H3,(H,51,53)(H,54,59)/t41-/m0/s1. The fraction of sp³-hybridized carbons (Fsp3) is 0.469. The van der Waals surface area contributed by atoms with Crippen molar-refractivity contribution in [2.24, 2.45) is 5.41 Å². The average Bonchev–Trinajstić information content (AvgIpc) is 3.99. The maximum atomic E-state index is 15.3. The number of alkyl halides is 1. The topological polar surface area (TPSA) is 175 Å². The lowest BCUT2D eigenvalue weighted by atomic mass is 9.59. The zero-order valence-corrected chi connectivity index (χ0v) is 38.2. The normalized spacial score (nSPS) is 20.8. The number of fused-ring (bicyclic) bond motifs is 2. The number of halogens is 1. The number of carbonyl (C=O) groups is 1. The van der Waals surface area contributed by atoms with E-state index in [1.165, 1.54) is 48.9 Å². The Morgan fingerprint density at radius 2 is 1.76 bits per heavy atom. The van der Waals surface area contributed by atoms with Crippen LogP contribution in [0.4, 0.5) is 32.8 Å². The van der Waals surface area contributed by atoms with Crippen LogP contribution in [0, 0.1) is 15.5 Å². The highest BCUT2D eigenvalue weighted by Gasteiger charge is 2.50. The van der Waals surface area contributed by atoms with Gasteiger partial charge in [0.2, 0.25) is 5.88 Å².